The van der Waals surface area contributed by atoms with Gasteiger partial charge in [0.05, 0.1) is 5.92 Å². The van der Waals surface area contributed by atoms with Crippen LogP contribution in [0.5, 0.6) is 5.75 Å². The Labute approximate surface area is 116 Å². The zero-order valence-electron chi connectivity index (χ0n) is 11.3. The van der Waals surface area contributed by atoms with E-state index in [1.54, 1.807) is 12.1 Å². The van der Waals surface area contributed by atoms with Gasteiger partial charge in [-0.15, -0.1) is 0 Å². The summed E-state index contributed by atoms with van der Waals surface area (Å²) in [4.78, 5) is 11.9. The van der Waals surface area contributed by atoms with Crippen LogP contribution in [0.25, 0.3) is 0 Å². The van der Waals surface area contributed by atoms with Crippen molar-refractivity contribution in [3.8, 4) is 5.75 Å². The first-order valence-corrected chi connectivity index (χ1v) is 6.59. The fourth-order valence-corrected chi connectivity index (χ4v) is 2.26. The Bertz CT molecular complexity index is 474. The Morgan fingerprint density at radius 3 is 3.00 bits per heavy atom. The van der Waals surface area contributed by atoms with E-state index in [0.717, 1.165) is 18.5 Å². The van der Waals surface area contributed by atoms with E-state index < -0.39 is 6.61 Å². The largest absolute Gasteiger partial charge is 0.434 e. The highest BCUT2D eigenvalue weighted by molar-refractivity contribution is 5.79. The molecule has 1 aromatic rings. The van der Waals surface area contributed by atoms with E-state index in [4.69, 9.17) is 0 Å². The number of halogens is 2. The molecule has 0 aromatic heterocycles. The summed E-state index contributed by atoms with van der Waals surface area (Å²) in [5.74, 6) is 0.00854. The molecule has 1 saturated heterocycles. The van der Waals surface area contributed by atoms with Gasteiger partial charge in [0.1, 0.15) is 5.75 Å². The third-order valence-electron chi connectivity index (χ3n) is 3.32. The van der Waals surface area contributed by atoms with Gasteiger partial charge in [-0.3, -0.25) is 4.79 Å². The lowest BCUT2D eigenvalue weighted by molar-refractivity contribution is -0.124. The first kappa shape index (κ1) is 14.7. The summed E-state index contributed by atoms with van der Waals surface area (Å²) in [6, 6.07) is 4.94. The van der Waals surface area contributed by atoms with Crippen LogP contribution < -0.4 is 15.4 Å². The Morgan fingerprint density at radius 2 is 2.35 bits per heavy atom. The van der Waals surface area contributed by atoms with Crippen LogP contribution in [0.3, 0.4) is 0 Å². The molecule has 1 unspecified atom stereocenters. The van der Waals surface area contributed by atoms with Crippen LogP contribution in [0.4, 0.5) is 8.78 Å². The molecule has 2 rings (SSSR count). The van der Waals surface area contributed by atoms with Crippen LogP contribution in [-0.2, 0) is 11.3 Å². The lowest BCUT2D eigenvalue weighted by Gasteiger charge is -2.14. The van der Waals surface area contributed by atoms with Crippen molar-refractivity contribution in [3.05, 3.63) is 29.3 Å². The van der Waals surface area contributed by atoms with Crippen molar-refractivity contribution in [2.24, 2.45) is 5.92 Å². The van der Waals surface area contributed by atoms with Gasteiger partial charge < -0.3 is 15.4 Å². The number of ether oxygens (including phenoxy) is 1. The van der Waals surface area contributed by atoms with Crippen LogP contribution in [0, 0.1) is 12.8 Å². The molecule has 1 aliphatic heterocycles. The molecule has 1 heterocycles. The first-order chi connectivity index (χ1) is 9.56. The van der Waals surface area contributed by atoms with Crippen molar-refractivity contribution in [1.29, 1.82) is 0 Å². The standard InChI is InChI=1S/C14H18F2N2O2/c1-9-2-3-12(20-14(15)16)11(6-9)8-18-13(19)10-4-5-17-7-10/h2-3,6,10,14,17H,4-5,7-8H2,1H3,(H,18,19). The number of amides is 1. The van der Waals surface area contributed by atoms with Crippen molar-refractivity contribution in [2.45, 2.75) is 26.5 Å². The van der Waals surface area contributed by atoms with Gasteiger partial charge >= 0.3 is 6.61 Å². The molecule has 0 bridgehead atoms. The number of rotatable bonds is 5. The highest BCUT2D eigenvalue weighted by atomic mass is 19.3. The van der Waals surface area contributed by atoms with Crippen molar-refractivity contribution < 1.29 is 18.3 Å². The van der Waals surface area contributed by atoms with E-state index >= 15 is 0 Å². The van der Waals surface area contributed by atoms with Crippen LogP contribution >= 0.6 is 0 Å². The summed E-state index contributed by atoms with van der Waals surface area (Å²) in [6.07, 6.45) is 0.806. The molecule has 4 nitrogen and oxygen atoms in total. The van der Waals surface area contributed by atoms with Gasteiger partial charge in [-0.25, -0.2) is 0 Å². The number of hydrogen-bond acceptors (Lipinski definition) is 3. The molecule has 0 aliphatic carbocycles. The molecule has 0 radical (unpaired) electrons. The number of hydrogen-bond donors (Lipinski definition) is 2. The number of carbonyl (C=O) groups excluding carboxylic acids is 1. The van der Waals surface area contributed by atoms with Crippen molar-refractivity contribution >= 4 is 5.91 Å². The van der Waals surface area contributed by atoms with Crippen LogP contribution in [0.1, 0.15) is 17.5 Å². The predicted octanol–water partition coefficient (Wildman–Crippen LogP) is 1.82. The van der Waals surface area contributed by atoms with Gasteiger partial charge in [-0.05, 0) is 26.0 Å². The fourth-order valence-electron chi connectivity index (χ4n) is 2.26. The fraction of sp³-hybridized carbons (Fsp3) is 0.500. The molecule has 110 valence electrons. The van der Waals surface area contributed by atoms with E-state index in [0.29, 0.717) is 12.1 Å². The molecule has 1 aliphatic rings. The Balaban J connectivity index is 2.00. The monoisotopic (exact) mass is 284 g/mol. The number of carbonyl (C=O) groups is 1. The van der Waals surface area contributed by atoms with Crippen LogP contribution in [0.15, 0.2) is 18.2 Å². The van der Waals surface area contributed by atoms with Crippen LogP contribution in [0.2, 0.25) is 0 Å². The quantitative estimate of drug-likeness (QED) is 0.867. The molecule has 2 N–H and O–H groups in total. The third kappa shape index (κ3) is 3.90. The molecular formula is C14H18F2N2O2. The van der Waals surface area contributed by atoms with Gasteiger partial charge in [0.25, 0.3) is 0 Å². The van der Waals surface area contributed by atoms with Gasteiger partial charge in [-0.1, -0.05) is 17.7 Å². The maximum atomic E-state index is 12.3. The second kappa shape index (κ2) is 6.65. The SMILES string of the molecule is Cc1ccc(OC(F)F)c(CNC(=O)C2CCNC2)c1. The Morgan fingerprint density at radius 1 is 1.55 bits per heavy atom. The van der Waals surface area contributed by atoms with Crippen LogP contribution in [-0.4, -0.2) is 25.6 Å². The van der Waals surface area contributed by atoms with Gasteiger partial charge in [0.2, 0.25) is 5.91 Å². The van der Waals surface area contributed by atoms with E-state index in [2.05, 4.69) is 15.4 Å². The Kier molecular flexibility index (Phi) is 4.89. The van der Waals surface area contributed by atoms with E-state index in [9.17, 15) is 13.6 Å². The molecule has 1 atom stereocenters. The van der Waals surface area contributed by atoms with Crippen molar-refractivity contribution in [1.82, 2.24) is 10.6 Å². The third-order valence-corrected chi connectivity index (χ3v) is 3.32. The smallest absolute Gasteiger partial charge is 0.387 e. The molecular weight excluding hydrogens is 266 g/mol. The average molecular weight is 284 g/mol. The second-order valence-corrected chi connectivity index (χ2v) is 4.90. The molecule has 20 heavy (non-hydrogen) atoms. The van der Waals surface area contributed by atoms with E-state index in [-0.39, 0.29) is 24.1 Å². The molecule has 0 spiro atoms. The van der Waals surface area contributed by atoms with Crippen molar-refractivity contribution in [3.63, 3.8) is 0 Å². The topological polar surface area (TPSA) is 50.4 Å². The summed E-state index contributed by atoms with van der Waals surface area (Å²) in [6.45, 7) is 0.686. The number of nitrogens with one attached hydrogen (secondary N) is 2. The van der Waals surface area contributed by atoms with Gasteiger partial charge in [0.15, 0.2) is 0 Å². The summed E-state index contributed by atoms with van der Waals surface area (Å²) in [5.41, 5.74) is 1.49. The normalized spacial score (nSPS) is 18.3. The number of aryl methyl sites for hydroxylation is 1. The summed E-state index contributed by atoms with van der Waals surface area (Å²) < 4.78 is 29.1. The van der Waals surface area contributed by atoms with E-state index in [1.165, 1.54) is 6.07 Å². The molecule has 1 aromatic carbocycles. The predicted molar refractivity (Wildman–Crippen MR) is 70.6 cm³/mol. The molecule has 0 saturated carbocycles. The molecule has 1 amide bonds. The lowest BCUT2D eigenvalue weighted by Crippen LogP contribution is -2.31. The second-order valence-electron chi connectivity index (χ2n) is 4.90. The minimum Gasteiger partial charge on any atom is -0.434 e. The van der Waals surface area contributed by atoms with Gasteiger partial charge in [-0.2, -0.15) is 8.78 Å². The zero-order valence-corrected chi connectivity index (χ0v) is 11.3. The average Bonchev–Trinajstić information content (AvgIpc) is 2.92. The first-order valence-electron chi connectivity index (χ1n) is 6.59. The minimum atomic E-state index is -2.87. The number of alkyl halides is 2. The molecule has 6 heteroatoms. The number of benzene rings is 1. The lowest BCUT2D eigenvalue weighted by atomic mass is 10.1. The Hall–Kier alpha value is -1.69. The summed E-state index contributed by atoms with van der Waals surface area (Å²) >= 11 is 0. The summed E-state index contributed by atoms with van der Waals surface area (Å²) in [5, 5.41) is 5.89. The molecule has 1 fully saturated rings. The zero-order chi connectivity index (χ0) is 14.5. The highest BCUT2D eigenvalue weighted by Crippen LogP contribution is 2.22. The minimum absolute atomic E-state index is 0.0423. The highest BCUT2D eigenvalue weighted by Gasteiger charge is 2.22. The maximum absolute atomic E-state index is 12.3. The van der Waals surface area contributed by atoms with E-state index in [1.807, 2.05) is 6.92 Å². The van der Waals surface area contributed by atoms with Gasteiger partial charge in [0, 0.05) is 18.7 Å². The van der Waals surface area contributed by atoms with Crippen molar-refractivity contribution in [2.75, 3.05) is 13.1 Å². The summed E-state index contributed by atoms with van der Waals surface area (Å²) in [7, 11) is 0. The maximum Gasteiger partial charge on any atom is 0.387 e.